The summed E-state index contributed by atoms with van der Waals surface area (Å²) in [4.78, 5) is 0.145. The molecule has 1 atom stereocenters. The van der Waals surface area contributed by atoms with Crippen molar-refractivity contribution in [1.29, 1.82) is 0 Å². The summed E-state index contributed by atoms with van der Waals surface area (Å²) in [7, 11) is 1.22. The molecular formula is C8H7Br2F4NS. The fraction of sp³-hybridized carbons (Fsp3) is 0.500. The fourth-order valence-corrected chi connectivity index (χ4v) is 3.41. The van der Waals surface area contributed by atoms with Crippen LogP contribution in [0.2, 0.25) is 0 Å². The second-order valence-corrected chi connectivity index (χ2v) is 6.22. The Kier molecular flexibility index (Phi) is 4.79. The van der Waals surface area contributed by atoms with Crippen molar-refractivity contribution in [2.24, 2.45) is 0 Å². The van der Waals surface area contributed by atoms with Crippen molar-refractivity contribution in [2.45, 2.75) is 18.4 Å². The van der Waals surface area contributed by atoms with Crippen LogP contribution >= 0.6 is 43.2 Å². The minimum absolute atomic E-state index is 0.145. The summed E-state index contributed by atoms with van der Waals surface area (Å²) < 4.78 is 52.0. The summed E-state index contributed by atoms with van der Waals surface area (Å²) in [5, 5.41) is 2.22. The maximum Gasteiger partial charge on any atom is 0.327 e. The van der Waals surface area contributed by atoms with Gasteiger partial charge in [-0.2, -0.15) is 8.78 Å². The van der Waals surface area contributed by atoms with Crippen molar-refractivity contribution in [3.05, 3.63) is 19.2 Å². The molecule has 1 rings (SSSR count). The molecule has 16 heavy (non-hydrogen) atoms. The molecule has 0 spiro atoms. The number of hydrogen-bond acceptors (Lipinski definition) is 2. The summed E-state index contributed by atoms with van der Waals surface area (Å²) in [5.74, 6) is -4.10. The van der Waals surface area contributed by atoms with Gasteiger partial charge in [0.1, 0.15) is 6.04 Å². The van der Waals surface area contributed by atoms with Crippen LogP contribution in [0, 0.1) is 0 Å². The first-order valence-electron chi connectivity index (χ1n) is 4.08. The van der Waals surface area contributed by atoms with E-state index in [1.54, 1.807) is 0 Å². The second-order valence-electron chi connectivity index (χ2n) is 2.97. The van der Waals surface area contributed by atoms with E-state index >= 15 is 0 Å². The highest BCUT2D eigenvalue weighted by Crippen LogP contribution is 2.42. The van der Waals surface area contributed by atoms with E-state index in [2.05, 4.69) is 37.2 Å². The van der Waals surface area contributed by atoms with Gasteiger partial charge in [0.15, 0.2) is 0 Å². The molecule has 0 bridgehead atoms. The number of nitrogens with one attached hydrogen (secondary N) is 1. The van der Waals surface area contributed by atoms with Gasteiger partial charge in [0.05, 0.1) is 3.79 Å². The van der Waals surface area contributed by atoms with Gasteiger partial charge in [-0.3, -0.25) is 0 Å². The maximum absolute atomic E-state index is 13.2. The lowest BCUT2D eigenvalue weighted by atomic mass is 10.1. The molecule has 0 radical (unpaired) electrons. The number of thiophene rings is 1. The molecule has 0 aliphatic heterocycles. The summed E-state index contributed by atoms with van der Waals surface area (Å²) in [6.45, 7) is 0. The molecule has 0 saturated carbocycles. The van der Waals surface area contributed by atoms with E-state index < -0.39 is 18.4 Å². The van der Waals surface area contributed by atoms with Gasteiger partial charge < -0.3 is 5.32 Å². The quantitative estimate of drug-likeness (QED) is 0.757. The standard InChI is InChI=1S/C8H7Br2F4NS/c1-15-5(8(13,14)7(11)12)4-2-3(9)6(10)16-4/h2,5,7,15H,1H3. The second kappa shape index (κ2) is 5.32. The molecule has 1 unspecified atom stereocenters. The first-order valence-corrected chi connectivity index (χ1v) is 6.49. The number of alkyl halides is 4. The van der Waals surface area contributed by atoms with Gasteiger partial charge in [0.2, 0.25) is 0 Å². The van der Waals surface area contributed by atoms with E-state index in [0.717, 1.165) is 11.3 Å². The molecule has 0 aliphatic rings. The first-order chi connectivity index (χ1) is 7.30. The van der Waals surface area contributed by atoms with Crippen LogP contribution in [0.5, 0.6) is 0 Å². The third-order valence-corrected chi connectivity index (χ3v) is 5.23. The summed E-state index contributed by atoms with van der Waals surface area (Å²) in [5.41, 5.74) is 0. The Balaban J connectivity index is 3.07. The molecule has 0 saturated heterocycles. The molecule has 0 aliphatic carbocycles. The topological polar surface area (TPSA) is 12.0 Å². The minimum atomic E-state index is -4.10. The van der Waals surface area contributed by atoms with Gasteiger partial charge >= 0.3 is 12.3 Å². The maximum atomic E-state index is 13.2. The van der Waals surface area contributed by atoms with Crippen molar-refractivity contribution in [1.82, 2.24) is 5.32 Å². The van der Waals surface area contributed by atoms with E-state index in [1.165, 1.54) is 13.1 Å². The monoisotopic (exact) mass is 383 g/mol. The predicted octanol–water partition coefficient (Wildman–Crippen LogP) is 4.43. The molecule has 1 aromatic heterocycles. The zero-order valence-corrected chi connectivity index (χ0v) is 11.9. The molecule has 1 heterocycles. The lowest BCUT2D eigenvalue weighted by Crippen LogP contribution is -2.40. The van der Waals surface area contributed by atoms with Gasteiger partial charge in [-0.05, 0) is 45.0 Å². The van der Waals surface area contributed by atoms with Crippen molar-refractivity contribution in [2.75, 3.05) is 7.05 Å². The predicted molar refractivity (Wildman–Crippen MR) is 62.5 cm³/mol. The van der Waals surface area contributed by atoms with E-state index in [-0.39, 0.29) is 4.88 Å². The van der Waals surface area contributed by atoms with E-state index in [0.29, 0.717) is 8.26 Å². The molecule has 0 fully saturated rings. The van der Waals surface area contributed by atoms with Gasteiger partial charge in [-0.15, -0.1) is 11.3 Å². The molecule has 0 aromatic carbocycles. The van der Waals surface area contributed by atoms with Crippen LogP contribution in [-0.2, 0) is 0 Å². The highest BCUT2D eigenvalue weighted by molar-refractivity contribution is 9.13. The van der Waals surface area contributed by atoms with Crippen LogP contribution in [-0.4, -0.2) is 19.4 Å². The summed E-state index contributed by atoms with van der Waals surface area (Å²) in [6, 6.07) is -0.299. The van der Waals surface area contributed by atoms with Crippen LogP contribution in [0.4, 0.5) is 17.6 Å². The Bertz CT molecular complexity index is 349. The molecule has 1 aromatic rings. The van der Waals surface area contributed by atoms with Gasteiger partial charge in [-0.25, -0.2) is 8.78 Å². The third-order valence-electron chi connectivity index (χ3n) is 1.91. The zero-order chi connectivity index (χ0) is 12.5. The fourth-order valence-electron chi connectivity index (χ4n) is 1.16. The van der Waals surface area contributed by atoms with Crippen LogP contribution in [0.3, 0.4) is 0 Å². The van der Waals surface area contributed by atoms with E-state index in [4.69, 9.17) is 0 Å². The van der Waals surface area contributed by atoms with E-state index in [1.807, 2.05) is 0 Å². The molecule has 8 heteroatoms. The zero-order valence-electron chi connectivity index (χ0n) is 7.91. The third kappa shape index (κ3) is 2.77. The smallest absolute Gasteiger partial charge is 0.307 e. The summed E-state index contributed by atoms with van der Waals surface area (Å²) in [6.07, 6.45) is -3.70. The molecule has 92 valence electrons. The van der Waals surface area contributed by atoms with Gasteiger partial charge in [-0.1, -0.05) is 0 Å². The van der Waals surface area contributed by atoms with Crippen LogP contribution in [0.1, 0.15) is 10.9 Å². The largest absolute Gasteiger partial charge is 0.327 e. The van der Waals surface area contributed by atoms with Crippen LogP contribution in [0.25, 0.3) is 0 Å². The average molecular weight is 385 g/mol. The molecule has 1 nitrogen and oxygen atoms in total. The Labute approximate surface area is 110 Å². The average Bonchev–Trinajstić information content (AvgIpc) is 2.47. The number of rotatable bonds is 4. The van der Waals surface area contributed by atoms with Crippen LogP contribution in [0.15, 0.2) is 14.3 Å². The van der Waals surface area contributed by atoms with Crippen molar-refractivity contribution in [3.8, 4) is 0 Å². The minimum Gasteiger partial charge on any atom is -0.307 e. The normalized spacial score (nSPS) is 14.5. The van der Waals surface area contributed by atoms with Crippen molar-refractivity contribution < 1.29 is 17.6 Å². The molecule has 1 N–H and O–H groups in total. The Morgan fingerprint density at radius 3 is 2.25 bits per heavy atom. The lowest BCUT2D eigenvalue weighted by molar-refractivity contribution is -0.149. The first kappa shape index (κ1) is 14.4. The number of halogens is 6. The SMILES string of the molecule is CNC(c1cc(Br)c(Br)s1)C(F)(F)C(F)F. The Morgan fingerprint density at radius 2 is 1.94 bits per heavy atom. The molecule has 0 amide bonds. The van der Waals surface area contributed by atoms with E-state index in [9.17, 15) is 17.6 Å². The summed E-state index contributed by atoms with van der Waals surface area (Å²) >= 11 is 7.23. The lowest BCUT2D eigenvalue weighted by Gasteiger charge is -2.24. The number of hydrogen-bond donors (Lipinski definition) is 1. The highest BCUT2D eigenvalue weighted by atomic mass is 79.9. The molecular weight excluding hydrogens is 378 g/mol. The Hall–Kier alpha value is 0.340. The van der Waals surface area contributed by atoms with Crippen molar-refractivity contribution >= 4 is 43.2 Å². The Morgan fingerprint density at radius 1 is 1.38 bits per heavy atom. The van der Waals surface area contributed by atoms with Gasteiger partial charge in [0, 0.05) is 9.35 Å². The van der Waals surface area contributed by atoms with Gasteiger partial charge in [0.25, 0.3) is 0 Å². The highest BCUT2D eigenvalue weighted by Gasteiger charge is 2.49. The van der Waals surface area contributed by atoms with Crippen LogP contribution < -0.4 is 5.32 Å². The van der Waals surface area contributed by atoms with Crippen molar-refractivity contribution in [3.63, 3.8) is 0 Å².